The number of aromatic nitrogens is 4. The molecule has 1 amide bonds. The minimum atomic E-state index is -0.571. The average Bonchev–Trinajstić information content (AvgIpc) is 3.54. The second-order valence-corrected chi connectivity index (χ2v) is 8.37. The van der Waals surface area contributed by atoms with Crippen LogP contribution in [0.1, 0.15) is 0 Å². The maximum Gasteiger partial charge on any atom is 0.307 e. The molecule has 1 N–H and O–H groups in total. The first-order valence-electron chi connectivity index (χ1n) is 9.56. The minimum absolute atomic E-state index is 0.153. The van der Waals surface area contributed by atoms with E-state index in [1.54, 1.807) is 24.3 Å². The summed E-state index contributed by atoms with van der Waals surface area (Å²) in [7, 11) is 0. The summed E-state index contributed by atoms with van der Waals surface area (Å²) in [6, 6.07) is 14.7. The van der Waals surface area contributed by atoms with E-state index in [1.165, 1.54) is 22.2 Å². The highest BCUT2D eigenvalue weighted by Crippen LogP contribution is 2.41. The maximum atomic E-state index is 12.2. The van der Waals surface area contributed by atoms with Crippen molar-refractivity contribution in [2.24, 2.45) is 0 Å². The third kappa shape index (κ3) is 4.19. The molecular formula is C21H13ClN6O4S. The molecule has 0 aliphatic carbocycles. The zero-order valence-corrected chi connectivity index (χ0v) is 18.2. The first kappa shape index (κ1) is 20.8. The van der Waals surface area contributed by atoms with Gasteiger partial charge in [0, 0.05) is 21.3 Å². The molecule has 2 aromatic carbocycles. The van der Waals surface area contributed by atoms with Crippen molar-refractivity contribution >= 4 is 50.3 Å². The monoisotopic (exact) mass is 480 g/mol. The lowest BCUT2D eigenvalue weighted by molar-refractivity contribution is -0.385. The van der Waals surface area contributed by atoms with E-state index < -0.39 is 4.92 Å². The lowest BCUT2D eigenvalue weighted by atomic mass is 10.2. The molecule has 0 bridgehead atoms. The number of amides is 1. The van der Waals surface area contributed by atoms with E-state index in [2.05, 4.69) is 20.6 Å². The van der Waals surface area contributed by atoms with Gasteiger partial charge in [-0.1, -0.05) is 35.0 Å². The summed E-state index contributed by atoms with van der Waals surface area (Å²) in [6.45, 7) is -0.153. The first-order chi connectivity index (χ1) is 16.0. The number of rotatable bonds is 6. The number of nitro groups is 1. The molecule has 0 saturated carbocycles. The van der Waals surface area contributed by atoms with Crippen LogP contribution in [0.2, 0.25) is 5.02 Å². The van der Waals surface area contributed by atoms with Crippen LogP contribution in [-0.4, -0.2) is 30.8 Å². The van der Waals surface area contributed by atoms with E-state index in [4.69, 9.17) is 16.1 Å². The Kier molecular flexibility index (Phi) is 5.32. The fraction of sp³-hybridized carbons (Fsp3) is 0.0476. The van der Waals surface area contributed by atoms with Gasteiger partial charge >= 0.3 is 5.69 Å². The van der Waals surface area contributed by atoms with Gasteiger partial charge in [0.05, 0.1) is 9.95 Å². The Hall–Kier alpha value is -4.09. The van der Waals surface area contributed by atoms with Crippen LogP contribution in [0.15, 0.2) is 65.4 Å². The summed E-state index contributed by atoms with van der Waals surface area (Å²) in [4.78, 5) is 27.5. The summed E-state index contributed by atoms with van der Waals surface area (Å²) >= 11 is 7.97. The number of halogens is 1. The number of nitrogens with one attached hydrogen (secondary N) is 1. The molecule has 0 aliphatic heterocycles. The molecule has 12 heteroatoms. The summed E-state index contributed by atoms with van der Waals surface area (Å²) in [5, 5.41) is 22.8. The van der Waals surface area contributed by atoms with E-state index in [0.717, 1.165) is 16.3 Å². The summed E-state index contributed by atoms with van der Waals surface area (Å²) < 4.78 is 7.66. The standard InChI is InChI=1S/C21H13ClN6O4S/c22-18-15-3-1-2-4-16(15)33-19(18)21-25-20(26-32-21)12-5-7-13(8-6-12)24-17(29)11-27-10-14(9-23-27)28(30)31/h1-10H,11H2,(H,24,29). The van der Waals surface area contributed by atoms with E-state index >= 15 is 0 Å². The SMILES string of the molecule is O=C(Cn1cc([N+](=O)[O-])cn1)Nc1ccc(-c2noc(-c3sc4ccccc4c3Cl)n2)cc1. The van der Waals surface area contributed by atoms with Crippen LogP contribution < -0.4 is 5.32 Å². The molecule has 0 radical (unpaired) electrons. The number of benzene rings is 2. The van der Waals surface area contributed by atoms with Gasteiger partial charge in [-0.2, -0.15) is 10.1 Å². The molecule has 0 unspecified atom stereocenters. The van der Waals surface area contributed by atoms with E-state index in [-0.39, 0.29) is 18.1 Å². The molecule has 164 valence electrons. The Labute approximate surface area is 194 Å². The van der Waals surface area contributed by atoms with Crippen LogP contribution >= 0.6 is 22.9 Å². The fourth-order valence-corrected chi connectivity index (χ4v) is 4.60. The lowest BCUT2D eigenvalue weighted by Crippen LogP contribution is -2.18. The maximum absolute atomic E-state index is 12.2. The highest BCUT2D eigenvalue weighted by atomic mass is 35.5. The second kappa shape index (κ2) is 8.45. The van der Waals surface area contributed by atoms with Gasteiger partial charge in [-0.3, -0.25) is 19.6 Å². The van der Waals surface area contributed by atoms with E-state index in [9.17, 15) is 14.9 Å². The predicted molar refractivity (Wildman–Crippen MR) is 123 cm³/mol. The number of nitrogens with zero attached hydrogens (tertiary/aromatic N) is 5. The van der Waals surface area contributed by atoms with Gasteiger partial charge < -0.3 is 9.84 Å². The van der Waals surface area contributed by atoms with E-state index in [0.29, 0.717) is 32.9 Å². The Morgan fingerprint density at radius 3 is 2.73 bits per heavy atom. The Morgan fingerprint density at radius 1 is 1.21 bits per heavy atom. The third-order valence-corrected chi connectivity index (χ3v) is 6.38. The summed E-state index contributed by atoms with van der Waals surface area (Å²) in [5.74, 6) is 0.351. The van der Waals surface area contributed by atoms with Gasteiger partial charge in [0.1, 0.15) is 23.8 Å². The number of hydrogen-bond acceptors (Lipinski definition) is 8. The van der Waals surface area contributed by atoms with Crippen LogP contribution in [0.4, 0.5) is 11.4 Å². The van der Waals surface area contributed by atoms with Crippen molar-refractivity contribution < 1.29 is 14.2 Å². The molecule has 0 aliphatic rings. The van der Waals surface area contributed by atoms with Gasteiger partial charge in [-0.25, -0.2) is 0 Å². The first-order valence-corrected chi connectivity index (χ1v) is 10.8. The number of carbonyl (C=O) groups excluding carboxylic acids is 1. The van der Waals surface area contributed by atoms with Crippen LogP contribution in [0, 0.1) is 10.1 Å². The molecule has 3 heterocycles. The zero-order valence-electron chi connectivity index (χ0n) is 16.6. The highest BCUT2D eigenvalue weighted by Gasteiger charge is 2.18. The van der Waals surface area contributed by atoms with Crippen LogP contribution in [0.25, 0.3) is 32.2 Å². The Bertz CT molecular complexity index is 1490. The number of hydrogen-bond donors (Lipinski definition) is 1. The van der Waals surface area contributed by atoms with Gasteiger partial charge in [-0.15, -0.1) is 11.3 Å². The van der Waals surface area contributed by atoms with Crippen molar-refractivity contribution in [2.45, 2.75) is 6.54 Å². The number of thiophene rings is 1. The molecule has 3 aromatic heterocycles. The van der Waals surface area contributed by atoms with Crippen LogP contribution in [0.3, 0.4) is 0 Å². The van der Waals surface area contributed by atoms with Gasteiger partial charge in [-0.05, 0) is 30.3 Å². The van der Waals surface area contributed by atoms with E-state index in [1.807, 2.05) is 24.3 Å². The molecular weight excluding hydrogens is 468 g/mol. The highest BCUT2D eigenvalue weighted by molar-refractivity contribution is 7.23. The van der Waals surface area contributed by atoms with Crippen LogP contribution in [-0.2, 0) is 11.3 Å². The van der Waals surface area contributed by atoms with Crippen molar-refractivity contribution in [3.05, 3.63) is 76.1 Å². The summed E-state index contributed by atoms with van der Waals surface area (Å²) in [5.41, 5.74) is 1.06. The van der Waals surface area contributed by atoms with Crippen molar-refractivity contribution in [3.63, 3.8) is 0 Å². The third-order valence-electron chi connectivity index (χ3n) is 4.72. The molecule has 0 atom stereocenters. The Balaban J connectivity index is 1.28. The molecule has 33 heavy (non-hydrogen) atoms. The van der Waals surface area contributed by atoms with Crippen molar-refractivity contribution in [3.8, 4) is 22.2 Å². The van der Waals surface area contributed by atoms with Crippen LogP contribution in [0.5, 0.6) is 0 Å². The number of fused-ring (bicyclic) bond motifs is 1. The molecule has 0 fully saturated rings. The normalized spacial score (nSPS) is 11.1. The minimum Gasteiger partial charge on any atom is -0.333 e. The zero-order chi connectivity index (χ0) is 22.9. The van der Waals surface area contributed by atoms with Crippen molar-refractivity contribution in [2.75, 3.05) is 5.32 Å². The topological polar surface area (TPSA) is 129 Å². The molecule has 5 aromatic rings. The van der Waals surface area contributed by atoms with Gasteiger partial charge in [0.15, 0.2) is 0 Å². The molecule has 10 nitrogen and oxygen atoms in total. The largest absolute Gasteiger partial charge is 0.333 e. The Morgan fingerprint density at radius 2 is 2.00 bits per heavy atom. The molecule has 0 saturated heterocycles. The second-order valence-electron chi connectivity index (χ2n) is 6.94. The predicted octanol–water partition coefficient (Wildman–Crippen LogP) is 5.02. The number of anilines is 1. The van der Waals surface area contributed by atoms with Gasteiger partial charge in [0.25, 0.3) is 5.89 Å². The van der Waals surface area contributed by atoms with Crippen molar-refractivity contribution in [1.82, 2.24) is 19.9 Å². The average molecular weight is 481 g/mol. The lowest BCUT2D eigenvalue weighted by Gasteiger charge is -2.05. The quantitative estimate of drug-likeness (QED) is 0.267. The van der Waals surface area contributed by atoms with Crippen molar-refractivity contribution in [1.29, 1.82) is 0 Å². The molecule has 0 spiro atoms. The number of carbonyl (C=O) groups is 1. The summed E-state index contributed by atoms with van der Waals surface area (Å²) in [6.07, 6.45) is 2.28. The van der Waals surface area contributed by atoms with Gasteiger partial charge in [0.2, 0.25) is 11.7 Å². The smallest absolute Gasteiger partial charge is 0.307 e. The fourth-order valence-electron chi connectivity index (χ4n) is 3.17. The molecule has 5 rings (SSSR count).